The van der Waals surface area contributed by atoms with Gasteiger partial charge in [0, 0.05) is 38.4 Å². The molecule has 0 unspecified atom stereocenters. The molecule has 0 bridgehead atoms. The Kier molecular flexibility index (Phi) is 4.53. The van der Waals surface area contributed by atoms with Gasteiger partial charge >= 0.3 is 0 Å². The smallest absolute Gasteiger partial charge is 0.250 e. The van der Waals surface area contributed by atoms with Crippen molar-refractivity contribution in [3.63, 3.8) is 0 Å². The van der Waals surface area contributed by atoms with Gasteiger partial charge in [-0.05, 0) is 18.2 Å². The summed E-state index contributed by atoms with van der Waals surface area (Å²) in [5.74, 6) is -0.540. The molecule has 0 aliphatic carbocycles. The first-order chi connectivity index (χ1) is 8.41. The van der Waals surface area contributed by atoms with E-state index in [9.17, 15) is 9.59 Å². The Hall–Kier alpha value is -2.24. The highest BCUT2D eigenvalue weighted by molar-refractivity contribution is 5.99. The topological polar surface area (TPSA) is 101 Å². The number of carbonyl (C=O) groups is 2. The molecule has 0 aliphatic rings. The highest BCUT2D eigenvalue weighted by Gasteiger charge is 2.09. The Bertz CT molecular complexity index is 457. The standard InChI is InChI=1S/C12H18N4O2/c1-16(2)11(17)5-6-15-10-4-3-8(13)7-9(10)12(14)18/h3-4,7,15H,5-6,13H2,1-2H3,(H2,14,18). The van der Waals surface area contributed by atoms with Gasteiger partial charge in [0.15, 0.2) is 0 Å². The van der Waals surface area contributed by atoms with E-state index in [4.69, 9.17) is 11.5 Å². The highest BCUT2D eigenvalue weighted by Crippen LogP contribution is 2.18. The summed E-state index contributed by atoms with van der Waals surface area (Å²) in [6.45, 7) is 0.432. The second kappa shape index (κ2) is 5.90. The van der Waals surface area contributed by atoms with Crippen LogP contribution in [0.4, 0.5) is 11.4 Å². The second-order valence-corrected chi connectivity index (χ2v) is 4.13. The number of nitrogens with one attached hydrogen (secondary N) is 1. The summed E-state index contributed by atoms with van der Waals surface area (Å²) in [6, 6.07) is 4.86. The number of nitrogens with zero attached hydrogens (tertiary/aromatic N) is 1. The van der Waals surface area contributed by atoms with Crippen molar-refractivity contribution in [2.24, 2.45) is 5.73 Å². The number of nitrogens with two attached hydrogens (primary N) is 2. The van der Waals surface area contributed by atoms with E-state index >= 15 is 0 Å². The molecule has 2 amide bonds. The van der Waals surface area contributed by atoms with Gasteiger partial charge in [-0.25, -0.2) is 0 Å². The van der Waals surface area contributed by atoms with Crippen LogP contribution in [0.25, 0.3) is 0 Å². The van der Waals surface area contributed by atoms with Gasteiger partial charge in [-0.1, -0.05) is 0 Å². The number of nitrogen functional groups attached to an aromatic ring is 1. The van der Waals surface area contributed by atoms with Crippen LogP contribution in [0.15, 0.2) is 18.2 Å². The average Bonchev–Trinajstić information content (AvgIpc) is 2.30. The predicted molar refractivity (Wildman–Crippen MR) is 71.2 cm³/mol. The van der Waals surface area contributed by atoms with Crippen molar-refractivity contribution in [1.82, 2.24) is 4.90 Å². The molecule has 1 aromatic carbocycles. The molecule has 0 heterocycles. The van der Waals surface area contributed by atoms with Crippen LogP contribution in [-0.4, -0.2) is 37.4 Å². The maximum Gasteiger partial charge on any atom is 0.250 e. The van der Waals surface area contributed by atoms with Crippen molar-refractivity contribution in [2.45, 2.75) is 6.42 Å². The minimum atomic E-state index is -0.552. The minimum Gasteiger partial charge on any atom is -0.399 e. The lowest BCUT2D eigenvalue weighted by Gasteiger charge is -2.13. The maximum absolute atomic E-state index is 11.4. The number of rotatable bonds is 5. The molecule has 1 rings (SSSR count). The molecule has 1 aromatic rings. The minimum absolute atomic E-state index is 0.0126. The zero-order valence-corrected chi connectivity index (χ0v) is 10.6. The summed E-state index contributed by atoms with van der Waals surface area (Å²) in [5, 5.41) is 3.00. The summed E-state index contributed by atoms with van der Waals surface area (Å²) in [6.07, 6.45) is 0.343. The molecule has 98 valence electrons. The fourth-order valence-corrected chi connectivity index (χ4v) is 1.45. The molecule has 0 aromatic heterocycles. The Morgan fingerprint density at radius 1 is 1.33 bits per heavy atom. The SMILES string of the molecule is CN(C)C(=O)CCNc1ccc(N)cc1C(N)=O. The number of benzene rings is 1. The third-order valence-corrected chi connectivity index (χ3v) is 2.46. The third-order valence-electron chi connectivity index (χ3n) is 2.46. The van der Waals surface area contributed by atoms with Gasteiger partial charge in [0.2, 0.25) is 5.91 Å². The van der Waals surface area contributed by atoms with Gasteiger partial charge in [0.25, 0.3) is 5.91 Å². The van der Waals surface area contributed by atoms with Gasteiger partial charge in [0.1, 0.15) is 0 Å². The van der Waals surface area contributed by atoms with Crippen LogP contribution in [-0.2, 0) is 4.79 Å². The van der Waals surface area contributed by atoms with Crippen molar-refractivity contribution >= 4 is 23.2 Å². The molecular formula is C12H18N4O2. The molecule has 5 N–H and O–H groups in total. The first kappa shape index (κ1) is 13.8. The second-order valence-electron chi connectivity index (χ2n) is 4.13. The van der Waals surface area contributed by atoms with Crippen LogP contribution in [0.3, 0.4) is 0 Å². The highest BCUT2D eigenvalue weighted by atomic mass is 16.2. The number of hydrogen-bond acceptors (Lipinski definition) is 4. The molecule has 0 atom stereocenters. The van der Waals surface area contributed by atoms with E-state index in [1.807, 2.05) is 0 Å². The lowest BCUT2D eigenvalue weighted by atomic mass is 10.1. The summed E-state index contributed by atoms with van der Waals surface area (Å²) < 4.78 is 0. The van der Waals surface area contributed by atoms with Crippen LogP contribution in [0, 0.1) is 0 Å². The Balaban J connectivity index is 2.68. The van der Waals surface area contributed by atoms with Gasteiger partial charge < -0.3 is 21.7 Å². The largest absolute Gasteiger partial charge is 0.399 e. The van der Waals surface area contributed by atoms with Crippen LogP contribution in [0.5, 0.6) is 0 Å². The molecule has 18 heavy (non-hydrogen) atoms. The summed E-state index contributed by atoms with van der Waals surface area (Å²) in [7, 11) is 3.39. The lowest BCUT2D eigenvalue weighted by Crippen LogP contribution is -2.24. The van der Waals surface area contributed by atoms with Crippen molar-refractivity contribution in [3.05, 3.63) is 23.8 Å². The molecule has 0 saturated carbocycles. The van der Waals surface area contributed by atoms with Crippen LogP contribution in [0.1, 0.15) is 16.8 Å². The first-order valence-electron chi connectivity index (χ1n) is 5.55. The van der Waals surface area contributed by atoms with E-state index in [0.717, 1.165) is 0 Å². The quantitative estimate of drug-likeness (QED) is 0.652. The summed E-state index contributed by atoms with van der Waals surface area (Å²) in [5.41, 5.74) is 12.2. The Morgan fingerprint density at radius 3 is 2.56 bits per heavy atom. The van der Waals surface area contributed by atoms with Crippen LogP contribution in [0.2, 0.25) is 0 Å². The van der Waals surface area contributed by atoms with Crippen LogP contribution >= 0.6 is 0 Å². The molecule has 6 heteroatoms. The maximum atomic E-state index is 11.4. The van der Waals surface area contributed by atoms with E-state index in [0.29, 0.717) is 29.9 Å². The molecular weight excluding hydrogens is 232 g/mol. The average molecular weight is 250 g/mol. The zero-order valence-electron chi connectivity index (χ0n) is 10.6. The molecule has 0 saturated heterocycles. The molecule has 0 aliphatic heterocycles. The lowest BCUT2D eigenvalue weighted by molar-refractivity contribution is -0.128. The van der Waals surface area contributed by atoms with Gasteiger partial charge in [-0.3, -0.25) is 9.59 Å². The number of carbonyl (C=O) groups excluding carboxylic acids is 2. The third kappa shape index (κ3) is 3.65. The molecule has 0 spiro atoms. The summed E-state index contributed by atoms with van der Waals surface area (Å²) in [4.78, 5) is 24.1. The number of hydrogen-bond donors (Lipinski definition) is 3. The first-order valence-corrected chi connectivity index (χ1v) is 5.55. The van der Waals surface area contributed by atoms with Crippen molar-refractivity contribution in [1.29, 1.82) is 0 Å². The van der Waals surface area contributed by atoms with Gasteiger partial charge in [-0.15, -0.1) is 0 Å². The van der Waals surface area contributed by atoms with Gasteiger partial charge in [0.05, 0.1) is 5.56 Å². The van der Waals surface area contributed by atoms with Crippen LogP contribution < -0.4 is 16.8 Å². The number of primary amides is 1. The van der Waals surface area contributed by atoms with E-state index in [1.54, 1.807) is 26.2 Å². The van der Waals surface area contributed by atoms with Crippen molar-refractivity contribution in [2.75, 3.05) is 31.7 Å². The molecule has 0 radical (unpaired) electrons. The van der Waals surface area contributed by atoms with E-state index in [1.165, 1.54) is 11.0 Å². The van der Waals surface area contributed by atoms with E-state index < -0.39 is 5.91 Å². The van der Waals surface area contributed by atoms with Crippen molar-refractivity contribution in [3.8, 4) is 0 Å². The Morgan fingerprint density at radius 2 is 2.00 bits per heavy atom. The normalized spacial score (nSPS) is 9.89. The zero-order chi connectivity index (χ0) is 13.7. The molecule has 0 fully saturated rings. The molecule has 6 nitrogen and oxygen atoms in total. The Labute approximate surface area is 106 Å². The van der Waals surface area contributed by atoms with Crippen molar-refractivity contribution < 1.29 is 9.59 Å². The van der Waals surface area contributed by atoms with E-state index in [2.05, 4.69) is 5.32 Å². The fourth-order valence-electron chi connectivity index (χ4n) is 1.45. The number of amides is 2. The number of anilines is 2. The van der Waals surface area contributed by atoms with Gasteiger partial charge in [-0.2, -0.15) is 0 Å². The fraction of sp³-hybridized carbons (Fsp3) is 0.333. The monoisotopic (exact) mass is 250 g/mol. The van der Waals surface area contributed by atoms with E-state index in [-0.39, 0.29) is 5.91 Å². The predicted octanol–water partition coefficient (Wildman–Crippen LogP) is 0.258. The summed E-state index contributed by atoms with van der Waals surface area (Å²) >= 11 is 0.